The smallest absolute Gasteiger partial charge is 0.130 e. The number of methoxy groups -OCH3 is 1. The minimum absolute atomic E-state index is 0.461. The molecule has 152 valence electrons. The molecule has 0 amide bonds. The van der Waals surface area contributed by atoms with Crippen molar-refractivity contribution in [2.24, 2.45) is 5.92 Å². The molecule has 1 fully saturated rings. The lowest BCUT2D eigenvalue weighted by molar-refractivity contribution is 0.142. The molecule has 0 spiro atoms. The largest absolute Gasteiger partial charge is 0.497 e. The summed E-state index contributed by atoms with van der Waals surface area (Å²) in [6.07, 6.45) is 3.44. The maximum Gasteiger partial charge on any atom is 0.130 e. The summed E-state index contributed by atoms with van der Waals surface area (Å²) in [4.78, 5) is 4.68. The second-order valence-electron chi connectivity index (χ2n) is 7.84. The van der Waals surface area contributed by atoms with Gasteiger partial charge in [0.1, 0.15) is 17.4 Å². The molecule has 0 bridgehead atoms. The number of rotatable bonds is 8. The van der Waals surface area contributed by atoms with Crippen LogP contribution in [0.1, 0.15) is 24.0 Å². The van der Waals surface area contributed by atoms with Crippen molar-refractivity contribution in [2.75, 3.05) is 40.3 Å². The fourth-order valence-corrected chi connectivity index (χ4v) is 4.03. The number of likely N-dealkylation sites (tertiary alicyclic amines) is 1. The molecule has 1 heterocycles. The van der Waals surface area contributed by atoms with Crippen LogP contribution in [0.4, 0.5) is 8.78 Å². The average Bonchev–Trinajstić information content (AvgIpc) is 2.69. The van der Waals surface area contributed by atoms with E-state index in [1.165, 1.54) is 24.5 Å². The highest BCUT2D eigenvalue weighted by molar-refractivity contribution is 5.27. The van der Waals surface area contributed by atoms with Crippen LogP contribution in [0.25, 0.3) is 0 Å². The van der Waals surface area contributed by atoms with Gasteiger partial charge in [0.15, 0.2) is 0 Å². The third kappa shape index (κ3) is 6.01. The Morgan fingerprint density at radius 2 is 1.93 bits per heavy atom. The molecule has 1 atom stereocenters. The molecular formula is C23H30F2N2O. The molecule has 0 radical (unpaired) electrons. The fourth-order valence-electron chi connectivity index (χ4n) is 4.03. The minimum Gasteiger partial charge on any atom is -0.497 e. The first-order valence-electron chi connectivity index (χ1n) is 10.0. The van der Waals surface area contributed by atoms with Gasteiger partial charge in [-0.05, 0) is 62.5 Å². The SMILES string of the molecule is COc1ccc(CCN2CCC[C@H](CN(C)Cc3ccc(F)cc3F)C2)cc1. The van der Waals surface area contributed by atoms with Crippen LogP contribution in [0.5, 0.6) is 5.75 Å². The normalized spacial score (nSPS) is 17.8. The van der Waals surface area contributed by atoms with Crippen molar-refractivity contribution in [1.82, 2.24) is 9.80 Å². The number of nitrogens with zero attached hydrogens (tertiary/aromatic N) is 2. The predicted molar refractivity (Wildman–Crippen MR) is 109 cm³/mol. The maximum atomic E-state index is 13.9. The second kappa shape index (κ2) is 9.99. The lowest BCUT2D eigenvalue weighted by Crippen LogP contribution is -2.40. The first kappa shape index (κ1) is 20.7. The first-order chi connectivity index (χ1) is 13.5. The van der Waals surface area contributed by atoms with E-state index in [1.807, 2.05) is 19.2 Å². The second-order valence-corrected chi connectivity index (χ2v) is 7.84. The molecule has 2 aromatic rings. The van der Waals surface area contributed by atoms with Crippen molar-refractivity contribution in [2.45, 2.75) is 25.8 Å². The van der Waals surface area contributed by atoms with Crippen molar-refractivity contribution >= 4 is 0 Å². The Kier molecular flexibility index (Phi) is 7.40. The van der Waals surface area contributed by atoms with Crippen molar-refractivity contribution in [3.05, 3.63) is 65.2 Å². The summed E-state index contributed by atoms with van der Waals surface area (Å²) >= 11 is 0. The number of benzene rings is 2. The van der Waals surface area contributed by atoms with Gasteiger partial charge in [-0.1, -0.05) is 18.2 Å². The molecule has 0 saturated carbocycles. The number of piperidine rings is 1. The number of hydrogen-bond donors (Lipinski definition) is 0. The van der Waals surface area contributed by atoms with Gasteiger partial charge in [0.05, 0.1) is 7.11 Å². The Balaban J connectivity index is 1.45. The van der Waals surface area contributed by atoms with Crippen LogP contribution >= 0.6 is 0 Å². The lowest BCUT2D eigenvalue weighted by atomic mass is 9.97. The summed E-state index contributed by atoms with van der Waals surface area (Å²) in [6, 6.07) is 12.1. The molecule has 2 aromatic carbocycles. The maximum absolute atomic E-state index is 13.9. The summed E-state index contributed by atoms with van der Waals surface area (Å²) in [5, 5.41) is 0. The zero-order valence-electron chi connectivity index (χ0n) is 16.8. The van der Waals surface area contributed by atoms with E-state index in [0.29, 0.717) is 18.0 Å². The number of ether oxygens (including phenoxy) is 1. The number of hydrogen-bond acceptors (Lipinski definition) is 3. The van der Waals surface area contributed by atoms with E-state index in [9.17, 15) is 8.78 Å². The third-order valence-corrected chi connectivity index (χ3v) is 5.50. The van der Waals surface area contributed by atoms with Crippen LogP contribution in [0.3, 0.4) is 0 Å². The van der Waals surface area contributed by atoms with Crippen molar-refractivity contribution in [3.63, 3.8) is 0 Å². The van der Waals surface area contributed by atoms with Gasteiger partial charge in [-0.25, -0.2) is 8.78 Å². The van der Waals surface area contributed by atoms with Gasteiger partial charge in [-0.2, -0.15) is 0 Å². The van der Waals surface area contributed by atoms with Crippen molar-refractivity contribution in [3.8, 4) is 5.75 Å². The molecule has 0 N–H and O–H groups in total. The summed E-state index contributed by atoms with van der Waals surface area (Å²) in [7, 11) is 3.70. The molecule has 0 aromatic heterocycles. The zero-order valence-corrected chi connectivity index (χ0v) is 16.8. The van der Waals surface area contributed by atoms with Crippen LogP contribution in [-0.2, 0) is 13.0 Å². The molecule has 0 aliphatic carbocycles. The zero-order chi connectivity index (χ0) is 19.9. The predicted octanol–water partition coefficient (Wildman–Crippen LogP) is 4.36. The summed E-state index contributed by atoms with van der Waals surface area (Å²) in [6.45, 7) is 4.71. The number of halogens is 2. The van der Waals surface area contributed by atoms with E-state index in [4.69, 9.17) is 4.74 Å². The Morgan fingerprint density at radius 1 is 1.14 bits per heavy atom. The minimum atomic E-state index is -0.524. The van der Waals surface area contributed by atoms with E-state index in [0.717, 1.165) is 44.4 Å². The Labute approximate surface area is 166 Å². The van der Waals surface area contributed by atoms with Crippen LogP contribution < -0.4 is 4.74 Å². The molecule has 28 heavy (non-hydrogen) atoms. The van der Waals surface area contributed by atoms with Gasteiger partial charge in [0.25, 0.3) is 0 Å². The highest BCUT2D eigenvalue weighted by Crippen LogP contribution is 2.20. The highest BCUT2D eigenvalue weighted by Gasteiger charge is 2.21. The third-order valence-electron chi connectivity index (χ3n) is 5.50. The van der Waals surface area contributed by atoms with Gasteiger partial charge in [-0.15, -0.1) is 0 Å². The van der Waals surface area contributed by atoms with E-state index in [2.05, 4.69) is 21.9 Å². The molecule has 1 aliphatic rings. The quantitative estimate of drug-likeness (QED) is 0.668. The van der Waals surface area contributed by atoms with Gasteiger partial charge >= 0.3 is 0 Å². The van der Waals surface area contributed by atoms with Crippen molar-refractivity contribution < 1.29 is 13.5 Å². The first-order valence-corrected chi connectivity index (χ1v) is 10.0. The molecule has 3 rings (SSSR count). The van der Waals surface area contributed by atoms with Crippen LogP contribution in [0, 0.1) is 17.6 Å². The standard InChI is InChI=1S/C23H30F2N2O/c1-26(17-20-7-8-21(24)14-23(20)25)15-19-4-3-12-27(16-19)13-11-18-5-9-22(28-2)10-6-18/h5-10,14,19H,3-4,11-13,15-17H2,1-2H3/t19-/m1/s1. The van der Waals surface area contributed by atoms with E-state index >= 15 is 0 Å². The average molecular weight is 389 g/mol. The van der Waals surface area contributed by atoms with E-state index in [-0.39, 0.29) is 0 Å². The fraction of sp³-hybridized carbons (Fsp3) is 0.478. The van der Waals surface area contributed by atoms with E-state index in [1.54, 1.807) is 13.2 Å². The van der Waals surface area contributed by atoms with Crippen LogP contribution in [0.2, 0.25) is 0 Å². The van der Waals surface area contributed by atoms with Crippen LogP contribution in [0.15, 0.2) is 42.5 Å². The highest BCUT2D eigenvalue weighted by atomic mass is 19.1. The Bertz CT molecular complexity index is 751. The summed E-state index contributed by atoms with van der Waals surface area (Å²) in [5.41, 5.74) is 1.88. The molecule has 1 aliphatic heterocycles. The molecular weight excluding hydrogens is 358 g/mol. The topological polar surface area (TPSA) is 15.7 Å². The van der Waals surface area contributed by atoms with Crippen molar-refractivity contribution in [1.29, 1.82) is 0 Å². The Hall–Kier alpha value is -1.98. The van der Waals surface area contributed by atoms with Gasteiger partial charge in [0.2, 0.25) is 0 Å². The van der Waals surface area contributed by atoms with Gasteiger partial charge in [-0.3, -0.25) is 0 Å². The molecule has 3 nitrogen and oxygen atoms in total. The van der Waals surface area contributed by atoms with Crippen LogP contribution in [-0.4, -0.2) is 50.1 Å². The lowest BCUT2D eigenvalue weighted by Gasteiger charge is -2.34. The monoisotopic (exact) mass is 388 g/mol. The van der Waals surface area contributed by atoms with Gasteiger partial charge < -0.3 is 14.5 Å². The molecule has 0 unspecified atom stereocenters. The summed E-state index contributed by atoms with van der Waals surface area (Å²) < 4.78 is 32.2. The molecule has 5 heteroatoms. The summed E-state index contributed by atoms with van der Waals surface area (Å²) in [5.74, 6) is 0.487. The van der Waals surface area contributed by atoms with Gasteiger partial charge in [0, 0.05) is 37.8 Å². The Morgan fingerprint density at radius 3 is 2.64 bits per heavy atom. The molecule has 1 saturated heterocycles. The van der Waals surface area contributed by atoms with E-state index < -0.39 is 11.6 Å².